The van der Waals surface area contributed by atoms with Crippen molar-refractivity contribution in [3.8, 4) is 5.75 Å². The third-order valence-electron chi connectivity index (χ3n) is 3.42. The van der Waals surface area contributed by atoms with Gasteiger partial charge in [-0.3, -0.25) is 4.79 Å². The van der Waals surface area contributed by atoms with E-state index < -0.39 is 17.9 Å². The molecular weight excluding hydrogens is 320 g/mol. The molecule has 1 aromatic carbocycles. The Labute approximate surface area is 130 Å². The monoisotopic (exact) mass is 336 g/mol. The first-order valence-electron chi connectivity index (χ1n) is 6.83. The number of morpholine rings is 1. The molecule has 0 unspecified atom stereocenters. The molecule has 1 aromatic rings. The van der Waals surface area contributed by atoms with Crippen molar-refractivity contribution in [3.05, 3.63) is 24.3 Å². The van der Waals surface area contributed by atoms with Gasteiger partial charge in [0.2, 0.25) is 0 Å². The quantitative estimate of drug-likeness (QED) is 0.662. The summed E-state index contributed by atoms with van der Waals surface area (Å²) in [4.78, 5) is 11.9. The summed E-state index contributed by atoms with van der Waals surface area (Å²) in [6.45, 7) is -0.936. The Balaban J connectivity index is 2.11. The van der Waals surface area contributed by atoms with Crippen LogP contribution in [0.1, 0.15) is 0 Å². The van der Waals surface area contributed by atoms with E-state index in [1.54, 1.807) is 5.32 Å². The van der Waals surface area contributed by atoms with Crippen LogP contribution < -0.4 is 10.1 Å². The number of amides is 1. The topological polar surface area (TPSA) is 50.8 Å². The van der Waals surface area contributed by atoms with Crippen LogP contribution in [0.3, 0.4) is 0 Å². The summed E-state index contributed by atoms with van der Waals surface area (Å²) in [7, 11) is 1.41. The average Bonchev–Trinajstić information content (AvgIpc) is 2.56. The molecule has 0 radical (unpaired) electrons. The van der Waals surface area contributed by atoms with Crippen molar-refractivity contribution < 1.29 is 31.8 Å². The lowest BCUT2D eigenvalue weighted by molar-refractivity contribution is -0.280. The van der Waals surface area contributed by atoms with Crippen LogP contribution >= 0.6 is 0 Å². The van der Waals surface area contributed by atoms with E-state index in [4.69, 9.17) is 9.47 Å². The van der Waals surface area contributed by atoms with E-state index in [9.17, 15) is 22.4 Å². The number of halogens is 4. The summed E-state index contributed by atoms with van der Waals surface area (Å²) in [5.41, 5.74) is -0.0340. The van der Waals surface area contributed by atoms with Gasteiger partial charge >= 0.3 is 17.9 Å². The number of hydrogen-bond acceptors (Lipinski definition) is 4. The predicted octanol–water partition coefficient (Wildman–Crippen LogP) is 2.19. The van der Waals surface area contributed by atoms with Crippen molar-refractivity contribution in [2.24, 2.45) is 0 Å². The molecule has 1 amide bonds. The highest BCUT2D eigenvalue weighted by atomic mass is 19.3. The van der Waals surface area contributed by atoms with Gasteiger partial charge in [0.15, 0.2) is 0 Å². The van der Waals surface area contributed by atoms with E-state index in [0.717, 1.165) is 0 Å². The molecule has 0 aromatic heterocycles. The highest BCUT2D eigenvalue weighted by molar-refractivity contribution is 5.96. The maximum absolute atomic E-state index is 14.0. The number of nitrogens with one attached hydrogen (secondary N) is 1. The number of ether oxygens (including phenoxy) is 2. The Bertz CT molecular complexity index is 545. The number of nitrogens with zero attached hydrogens (tertiary/aromatic N) is 1. The molecule has 0 saturated carbocycles. The van der Waals surface area contributed by atoms with Gasteiger partial charge in [0, 0.05) is 18.8 Å². The number of carbonyl (C=O) groups is 1. The second-order valence-electron chi connectivity index (χ2n) is 4.90. The van der Waals surface area contributed by atoms with Gasteiger partial charge in [0.1, 0.15) is 5.75 Å². The van der Waals surface area contributed by atoms with Crippen LogP contribution in [0.15, 0.2) is 24.3 Å². The second-order valence-corrected chi connectivity index (χ2v) is 4.90. The molecule has 1 saturated heterocycles. The lowest BCUT2D eigenvalue weighted by Crippen LogP contribution is -2.61. The molecule has 1 fully saturated rings. The van der Waals surface area contributed by atoms with E-state index in [-0.39, 0.29) is 36.9 Å². The van der Waals surface area contributed by atoms with Crippen LogP contribution in [-0.2, 0) is 9.53 Å². The van der Waals surface area contributed by atoms with Crippen molar-refractivity contribution in [2.45, 2.75) is 12.0 Å². The van der Waals surface area contributed by atoms with E-state index in [2.05, 4.69) is 0 Å². The first-order valence-corrected chi connectivity index (χ1v) is 6.83. The van der Waals surface area contributed by atoms with Crippen molar-refractivity contribution in [1.29, 1.82) is 0 Å². The summed E-state index contributed by atoms with van der Waals surface area (Å²) in [5.74, 6) is -6.52. The van der Waals surface area contributed by atoms with Gasteiger partial charge in [-0.25, -0.2) is 4.90 Å². The molecule has 0 aliphatic carbocycles. The lowest BCUT2D eigenvalue weighted by Gasteiger charge is -2.37. The molecule has 2 rings (SSSR count). The number of benzene rings is 1. The number of methoxy groups -OCH3 is 1. The summed E-state index contributed by atoms with van der Waals surface area (Å²) in [6, 6.07) is 0.772. The van der Waals surface area contributed by atoms with Gasteiger partial charge in [-0.1, -0.05) is 0 Å². The van der Waals surface area contributed by atoms with Crippen molar-refractivity contribution in [3.63, 3.8) is 0 Å². The van der Waals surface area contributed by atoms with Crippen LogP contribution in [0.2, 0.25) is 0 Å². The van der Waals surface area contributed by atoms with Crippen LogP contribution in [0.4, 0.5) is 23.2 Å². The van der Waals surface area contributed by atoms with Gasteiger partial charge in [-0.2, -0.15) is 17.6 Å². The highest BCUT2D eigenvalue weighted by Gasteiger charge is 2.65. The zero-order valence-corrected chi connectivity index (χ0v) is 12.3. The molecule has 5 nitrogen and oxygen atoms in total. The first-order chi connectivity index (χ1) is 10.8. The zero-order chi connectivity index (χ0) is 17.1. The Morgan fingerprint density at radius 1 is 1.17 bits per heavy atom. The standard InChI is InChI=1S/C14H16F4N2O3/c1-22-11-4-2-10(3-5-11)19-12(21)13(15,16)14(17,18)20-6-8-23-9-7-20/h2-5H,6-9H2,1H3,(H,19,21). The molecule has 0 bridgehead atoms. The predicted molar refractivity (Wildman–Crippen MR) is 73.9 cm³/mol. The third kappa shape index (κ3) is 3.56. The van der Waals surface area contributed by atoms with E-state index in [1.807, 2.05) is 0 Å². The highest BCUT2D eigenvalue weighted by Crippen LogP contribution is 2.38. The van der Waals surface area contributed by atoms with E-state index in [1.165, 1.54) is 31.4 Å². The molecular formula is C14H16F4N2O3. The van der Waals surface area contributed by atoms with Gasteiger partial charge < -0.3 is 14.8 Å². The molecule has 0 atom stereocenters. The molecule has 0 spiro atoms. The SMILES string of the molecule is COc1ccc(NC(=O)C(F)(F)C(F)(F)N2CCOCC2)cc1. The Hall–Kier alpha value is -1.87. The summed E-state index contributed by atoms with van der Waals surface area (Å²) in [5, 5.41) is 1.80. The molecule has 9 heteroatoms. The minimum Gasteiger partial charge on any atom is -0.497 e. The van der Waals surface area contributed by atoms with Crippen LogP contribution in [0, 0.1) is 0 Å². The van der Waals surface area contributed by atoms with Crippen molar-refractivity contribution in [2.75, 3.05) is 38.7 Å². The number of alkyl halides is 4. The first kappa shape index (κ1) is 17.5. The largest absolute Gasteiger partial charge is 0.497 e. The van der Waals surface area contributed by atoms with Gasteiger partial charge in [0.25, 0.3) is 0 Å². The number of hydrogen-bond donors (Lipinski definition) is 1. The van der Waals surface area contributed by atoms with Crippen LogP contribution in [-0.4, -0.2) is 56.2 Å². The van der Waals surface area contributed by atoms with Crippen molar-refractivity contribution >= 4 is 11.6 Å². The third-order valence-corrected chi connectivity index (χ3v) is 3.42. The normalized spacial score (nSPS) is 16.9. The molecule has 1 heterocycles. The molecule has 23 heavy (non-hydrogen) atoms. The molecule has 128 valence electrons. The Morgan fingerprint density at radius 3 is 2.26 bits per heavy atom. The van der Waals surface area contributed by atoms with Gasteiger partial charge in [-0.05, 0) is 24.3 Å². The fourth-order valence-electron chi connectivity index (χ4n) is 2.06. The number of carbonyl (C=O) groups excluding carboxylic acids is 1. The molecule has 1 N–H and O–H groups in total. The Morgan fingerprint density at radius 2 is 1.74 bits per heavy atom. The minimum absolute atomic E-state index is 0.0340. The number of rotatable bonds is 5. The molecule has 1 aliphatic heterocycles. The smallest absolute Gasteiger partial charge is 0.400 e. The Kier molecular flexibility index (Phi) is 5.10. The fraction of sp³-hybridized carbons (Fsp3) is 0.500. The lowest BCUT2D eigenvalue weighted by atomic mass is 10.2. The maximum atomic E-state index is 14.0. The van der Waals surface area contributed by atoms with E-state index in [0.29, 0.717) is 5.75 Å². The zero-order valence-electron chi connectivity index (χ0n) is 12.3. The maximum Gasteiger partial charge on any atom is 0.400 e. The van der Waals surface area contributed by atoms with Gasteiger partial charge in [-0.15, -0.1) is 0 Å². The number of anilines is 1. The van der Waals surface area contributed by atoms with Crippen molar-refractivity contribution in [1.82, 2.24) is 4.90 Å². The van der Waals surface area contributed by atoms with Crippen LogP contribution in [0.25, 0.3) is 0 Å². The van der Waals surface area contributed by atoms with Gasteiger partial charge in [0.05, 0.1) is 20.3 Å². The summed E-state index contributed by atoms with van der Waals surface area (Å²) in [6.07, 6.45) is 0. The van der Waals surface area contributed by atoms with Crippen LogP contribution in [0.5, 0.6) is 5.75 Å². The summed E-state index contributed by atoms with van der Waals surface area (Å²) >= 11 is 0. The summed E-state index contributed by atoms with van der Waals surface area (Å²) < 4.78 is 65.6. The minimum atomic E-state index is -4.88. The average molecular weight is 336 g/mol. The fourth-order valence-corrected chi connectivity index (χ4v) is 2.06. The van der Waals surface area contributed by atoms with E-state index >= 15 is 0 Å². The second kappa shape index (κ2) is 6.71. The molecule has 1 aliphatic rings.